The molecule has 7 heteroatoms. The molecule has 0 saturated carbocycles. The summed E-state index contributed by atoms with van der Waals surface area (Å²) in [6.07, 6.45) is 0. The normalized spacial score (nSPS) is 16.2. The van der Waals surface area contributed by atoms with Crippen LogP contribution in [0, 0.1) is 0 Å². The molecule has 2 rings (SSSR count). The lowest BCUT2D eigenvalue weighted by molar-refractivity contribution is -0.159. The summed E-state index contributed by atoms with van der Waals surface area (Å²) in [5.74, 6) is -0.941. The molecule has 0 spiro atoms. The molecule has 2 N–H and O–H groups in total. The minimum atomic E-state index is -1.03. The minimum absolute atomic E-state index is 0.0883. The fraction of sp³-hybridized carbons (Fsp3) is 0.429. The van der Waals surface area contributed by atoms with E-state index in [4.69, 9.17) is 9.84 Å². The molecule has 7 nitrogen and oxygen atoms in total. The van der Waals surface area contributed by atoms with Gasteiger partial charge in [-0.05, 0) is 19.1 Å². The van der Waals surface area contributed by atoms with Crippen molar-refractivity contribution in [3.05, 3.63) is 24.3 Å². The van der Waals surface area contributed by atoms with Crippen molar-refractivity contribution >= 4 is 17.7 Å². The molecule has 0 atom stereocenters. The third-order valence-electron chi connectivity index (χ3n) is 3.37. The summed E-state index contributed by atoms with van der Waals surface area (Å²) in [5, 5.41) is 18.0. The number of urea groups is 1. The zero-order chi connectivity index (χ0) is 15.6. The Kier molecular flexibility index (Phi) is 4.04. The molecule has 114 valence electrons. The molecule has 1 aliphatic heterocycles. The maximum absolute atomic E-state index is 12.3. The Labute approximate surface area is 122 Å². The van der Waals surface area contributed by atoms with Gasteiger partial charge in [0.1, 0.15) is 18.0 Å². The molecule has 1 aromatic carbocycles. The third kappa shape index (κ3) is 3.43. The van der Waals surface area contributed by atoms with Gasteiger partial charge in [0.25, 0.3) is 0 Å². The summed E-state index contributed by atoms with van der Waals surface area (Å²) in [6.45, 7) is 2.07. The number of hydrogen-bond donors (Lipinski definition) is 2. The Morgan fingerprint density at radius 1 is 1.43 bits per heavy atom. The highest BCUT2D eigenvalue weighted by atomic mass is 16.5. The second-order valence-corrected chi connectivity index (χ2v) is 5.35. The van der Waals surface area contributed by atoms with Crippen molar-refractivity contribution in [2.45, 2.75) is 12.5 Å². The molecule has 21 heavy (non-hydrogen) atoms. The van der Waals surface area contributed by atoms with Gasteiger partial charge in [-0.2, -0.15) is 0 Å². The zero-order valence-corrected chi connectivity index (χ0v) is 11.9. The van der Waals surface area contributed by atoms with Crippen LogP contribution in [0.2, 0.25) is 0 Å². The highest BCUT2D eigenvalue weighted by Gasteiger charge is 2.43. The van der Waals surface area contributed by atoms with Gasteiger partial charge in [0.05, 0.1) is 13.1 Å². The Bertz CT molecular complexity index is 554. The quantitative estimate of drug-likeness (QED) is 0.868. The molecule has 1 aromatic rings. The van der Waals surface area contributed by atoms with Crippen molar-refractivity contribution in [3.63, 3.8) is 0 Å². The summed E-state index contributed by atoms with van der Waals surface area (Å²) in [4.78, 5) is 25.7. The summed E-state index contributed by atoms with van der Waals surface area (Å²) < 4.78 is 5.26. The zero-order valence-electron chi connectivity index (χ0n) is 11.9. The van der Waals surface area contributed by atoms with E-state index in [1.165, 1.54) is 17.0 Å². The van der Waals surface area contributed by atoms with Crippen molar-refractivity contribution < 1.29 is 24.5 Å². The molecular weight excluding hydrogens is 276 g/mol. The molecule has 1 heterocycles. The van der Waals surface area contributed by atoms with Gasteiger partial charge in [-0.25, -0.2) is 9.59 Å². The first-order chi connectivity index (χ1) is 9.81. The van der Waals surface area contributed by atoms with E-state index in [1.807, 2.05) is 0 Å². The predicted molar refractivity (Wildman–Crippen MR) is 75.5 cm³/mol. The molecule has 1 aliphatic rings. The smallest absolute Gasteiger partial charge is 0.329 e. The fourth-order valence-electron chi connectivity index (χ4n) is 2.25. The average Bonchev–Trinajstić information content (AvgIpc) is 2.40. The highest BCUT2D eigenvalue weighted by Crippen LogP contribution is 2.27. The molecule has 0 bridgehead atoms. The number of benzene rings is 1. The molecule has 0 unspecified atom stereocenters. The number of phenolic OH excluding ortho intramolecular Hbond substituents is 1. The van der Waals surface area contributed by atoms with E-state index in [0.717, 1.165) is 0 Å². The third-order valence-corrected chi connectivity index (χ3v) is 3.37. The van der Waals surface area contributed by atoms with Gasteiger partial charge >= 0.3 is 12.0 Å². The minimum Gasteiger partial charge on any atom is -0.508 e. The van der Waals surface area contributed by atoms with E-state index in [1.54, 1.807) is 31.0 Å². The molecule has 1 saturated heterocycles. The van der Waals surface area contributed by atoms with Crippen molar-refractivity contribution in [3.8, 4) is 5.75 Å². The van der Waals surface area contributed by atoms with Gasteiger partial charge in [0.15, 0.2) is 0 Å². The van der Waals surface area contributed by atoms with Crippen LogP contribution in [0.3, 0.4) is 0 Å². The summed E-state index contributed by atoms with van der Waals surface area (Å²) in [6, 6.07) is 6.18. The lowest BCUT2D eigenvalue weighted by atomic mass is 9.97. The number of ether oxygens (including phenoxy) is 1. The number of carboxylic acid groups (broad SMARTS) is 1. The van der Waals surface area contributed by atoms with Crippen LogP contribution in [-0.2, 0) is 9.53 Å². The number of hydrogen-bond acceptors (Lipinski definition) is 4. The van der Waals surface area contributed by atoms with Crippen molar-refractivity contribution in [1.29, 1.82) is 0 Å². The number of aromatic hydroxyl groups is 1. The van der Waals surface area contributed by atoms with Crippen LogP contribution in [0.4, 0.5) is 10.5 Å². The number of aliphatic carboxylic acids is 1. The number of amides is 2. The predicted octanol–water partition coefficient (Wildman–Crippen LogP) is 1.12. The monoisotopic (exact) mass is 294 g/mol. The van der Waals surface area contributed by atoms with Gasteiger partial charge in [-0.15, -0.1) is 0 Å². The first-order valence-electron chi connectivity index (χ1n) is 6.48. The second kappa shape index (κ2) is 5.61. The van der Waals surface area contributed by atoms with Crippen LogP contribution in [0.1, 0.15) is 6.92 Å². The molecule has 2 amide bonds. The highest BCUT2D eigenvalue weighted by molar-refractivity contribution is 5.92. The summed E-state index contributed by atoms with van der Waals surface area (Å²) in [5.41, 5.74) is -0.0340. The Morgan fingerprint density at radius 3 is 2.67 bits per heavy atom. The number of phenols is 1. The number of carbonyl (C=O) groups excluding carboxylic acids is 1. The Morgan fingerprint density at radius 2 is 2.10 bits per heavy atom. The van der Waals surface area contributed by atoms with Gasteiger partial charge in [-0.3, -0.25) is 4.90 Å². The first-order valence-corrected chi connectivity index (χ1v) is 6.48. The molecule has 0 aliphatic carbocycles. The van der Waals surface area contributed by atoms with Gasteiger partial charge < -0.3 is 19.8 Å². The number of nitrogens with zero attached hydrogens (tertiary/aromatic N) is 2. The maximum atomic E-state index is 12.3. The van der Waals surface area contributed by atoms with Crippen molar-refractivity contribution in [2.24, 2.45) is 0 Å². The number of anilines is 1. The maximum Gasteiger partial charge on any atom is 0.329 e. The van der Waals surface area contributed by atoms with Crippen LogP contribution in [0.5, 0.6) is 5.75 Å². The molecule has 0 radical (unpaired) electrons. The Balaban J connectivity index is 1.92. The van der Waals surface area contributed by atoms with Gasteiger partial charge in [0, 0.05) is 18.8 Å². The van der Waals surface area contributed by atoms with E-state index in [-0.39, 0.29) is 18.4 Å². The second-order valence-electron chi connectivity index (χ2n) is 5.35. The average molecular weight is 294 g/mol. The van der Waals surface area contributed by atoms with Crippen LogP contribution >= 0.6 is 0 Å². The van der Waals surface area contributed by atoms with Gasteiger partial charge in [-0.1, -0.05) is 6.07 Å². The number of rotatable bonds is 4. The lowest BCUT2D eigenvalue weighted by Gasteiger charge is -2.48. The summed E-state index contributed by atoms with van der Waals surface area (Å²) in [7, 11) is 1.62. The topological polar surface area (TPSA) is 90.3 Å². The van der Waals surface area contributed by atoms with Crippen LogP contribution in [0.15, 0.2) is 24.3 Å². The van der Waals surface area contributed by atoms with Gasteiger partial charge in [0.2, 0.25) is 0 Å². The van der Waals surface area contributed by atoms with Crippen LogP contribution < -0.4 is 4.90 Å². The SMILES string of the molecule is CN(C(=O)N1CC(C)(OCC(=O)O)C1)c1cccc(O)c1. The van der Waals surface area contributed by atoms with E-state index >= 15 is 0 Å². The lowest BCUT2D eigenvalue weighted by Crippen LogP contribution is -2.65. The first kappa shape index (κ1) is 15.1. The number of carboxylic acids is 1. The van der Waals surface area contributed by atoms with Crippen LogP contribution in [-0.4, -0.2) is 59.5 Å². The number of carbonyl (C=O) groups is 2. The summed E-state index contributed by atoms with van der Waals surface area (Å²) >= 11 is 0. The van der Waals surface area contributed by atoms with Crippen LogP contribution in [0.25, 0.3) is 0 Å². The molecule has 0 aromatic heterocycles. The largest absolute Gasteiger partial charge is 0.508 e. The Hall–Kier alpha value is -2.28. The van der Waals surface area contributed by atoms with E-state index in [2.05, 4.69) is 0 Å². The van der Waals surface area contributed by atoms with E-state index in [0.29, 0.717) is 18.8 Å². The van der Waals surface area contributed by atoms with E-state index < -0.39 is 11.6 Å². The number of likely N-dealkylation sites (tertiary alicyclic amines) is 1. The van der Waals surface area contributed by atoms with E-state index in [9.17, 15) is 14.7 Å². The molecule has 1 fully saturated rings. The van der Waals surface area contributed by atoms with Crippen molar-refractivity contribution in [1.82, 2.24) is 4.90 Å². The van der Waals surface area contributed by atoms with Crippen molar-refractivity contribution in [2.75, 3.05) is 31.6 Å². The fourth-order valence-corrected chi connectivity index (χ4v) is 2.25. The standard InChI is InChI=1S/C14H18N2O5/c1-14(21-7-12(18)19)8-16(9-14)13(20)15(2)10-4-3-5-11(17)6-10/h3-6,17H,7-9H2,1-2H3,(H,18,19). The molecular formula is C14H18N2O5.